The molecule has 0 aliphatic heterocycles. The molecule has 0 saturated carbocycles. The van der Waals surface area contributed by atoms with Crippen LogP contribution in [0.5, 0.6) is 5.75 Å². The van der Waals surface area contributed by atoms with Crippen molar-refractivity contribution in [1.29, 1.82) is 0 Å². The second-order valence-corrected chi connectivity index (χ2v) is 4.66. The lowest BCUT2D eigenvalue weighted by Gasteiger charge is -2.27. The molecular weight excluding hydrogens is 240 g/mol. The molecule has 1 aromatic rings. The van der Waals surface area contributed by atoms with E-state index < -0.39 is 0 Å². The highest BCUT2D eigenvalue weighted by Crippen LogP contribution is 2.26. The Bertz CT molecular complexity index is 358. The molecule has 4 nitrogen and oxygen atoms in total. The molecule has 1 N–H and O–H groups in total. The van der Waals surface area contributed by atoms with E-state index in [9.17, 15) is 0 Å². The second kappa shape index (κ2) is 8.77. The molecule has 0 aromatic heterocycles. The fraction of sp³-hybridized carbons (Fsp3) is 0.600. The summed E-state index contributed by atoms with van der Waals surface area (Å²) in [5, 5.41) is 3.50. The van der Waals surface area contributed by atoms with E-state index in [2.05, 4.69) is 30.3 Å². The van der Waals surface area contributed by atoms with E-state index in [1.165, 1.54) is 0 Å². The molecule has 0 bridgehead atoms. The standard InChI is InChI=1S/C15H26N2O2/c1-5-10-16-13(12-18-3)11-17(2)14-8-6-7-9-15(14)19-4/h6-9,13,16H,5,10-12H2,1-4H3. The third-order valence-electron chi connectivity index (χ3n) is 3.04. The number of anilines is 1. The minimum atomic E-state index is 0.319. The van der Waals surface area contributed by atoms with E-state index in [1.807, 2.05) is 18.2 Å². The lowest BCUT2D eigenvalue weighted by atomic mass is 10.2. The Labute approximate surface area is 116 Å². The number of nitrogens with zero attached hydrogens (tertiary/aromatic N) is 1. The van der Waals surface area contributed by atoms with Crippen LogP contribution in [-0.4, -0.2) is 47.0 Å². The number of hydrogen-bond donors (Lipinski definition) is 1. The molecule has 0 radical (unpaired) electrons. The van der Waals surface area contributed by atoms with Gasteiger partial charge in [0.2, 0.25) is 0 Å². The summed E-state index contributed by atoms with van der Waals surface area (Å²) < 4.78 is 10.7. The molecular formula is C15H26N2O2. The van der Waals surface area contributed by atoms with Crippen LogP contribution < -0.4 is 15.0 Å². The maximum Gasteiger partial charge on any atom is 0.142 e. The Hall–Kier alpha value is -1.26. The topological polar surface area (TPSA) is 33.7 Å². The number of ether oxygens (including phenoxy) is 2. The first-order chi connectivity index (χ1) is 9.22. The number of rotatable bonds is 9. The molecule has 1 rings (SSSR count). The van der Waals surface area contributed by atoms with Gasteiger partial charge in [0.25, 0.3) is 0 Å². The average molecular weight is 266 g/mol. The molecule has 0 spiro atoms. The van der Waals surface area contributed by atoms with E-state index in [0.717, 1.165) is 30.9 Å². The molecule has 0 saturated heterocycles. The van der Waals surface area contributed by atoms with E-state index in [0.29, 0.717) is 12.6 Å². The van der Waals surface area contributed by atoms with Gasteiger partial charge in [-0.1, -0.05) is 19.1 Å². The van der Waals surface area contributed by atoms with Crippen molar-refractivity contribution in [3.05, 3.63) is 24.3 Å². The van der Waals surface area contributed by atoms with E-state index in [-0.39, 0.29) is 0 Å². The van der Waals surface area contributed by atoms with Crippen LogP contribution in [0.3, 0.4) is 0 Å². The number of likely N-dealkylation sites (N-methyl/N-ethyl adjacent to an activating group) is 1. The van der Waals surface area contributed by atoms with Gasteiger partial charge in [0.15, 0.2) is 0 Å². The summed E-state index contributed by atoms with van der Waals surface area (Å²) in [7, 11) is 5.52. The Kier molecular flexibility index (Phi) is 7.30. The fourth-order valence-corrected chi connectivity index (χ4v) is 2.10. The van der Waals surface area contributed by atoms with E-state index in [1.54, 1.807) is 14.2 Å². The largest absolute Gasteiger partial charge is 0.495 e. The van der Waals surface area contributed by atoms with Gasteiger partial charge in [0.1, 0.15) is 5.75 Å². The van der Waals surface area contributed by atoms with Gasteiger partial charge in [0.05, 0.1) is 19.4 Å². The van der Waals surface area contributed by atoms with Crippen molar-refractivity contribution in [2.75, 3.05) is 45.9 Å². The summed E-state index contributed by atoms with van der Waals surface area (Å²) in [4.78, 5) is 2.20. The molecule has 0 heterocycles. The van der Waals surface area contributed by atoms with Gasteiger partial charge >= 0.3 is 0 Å². The Morgan fingerprint density at radius 1 is 1.26 bits per heavy atom. The summed E-state index contributed by atoms with van der Waals surface area (Å²) in [5.74, 6) is 0.900. The van der Waals surface area contributed by atoms with Crippen molar-refractivity contribution in [3.63, 3.8) is 0 Å². The van der Waals surface area contributed by atoms with Gasteiger partial charge in [-0.05, 0) is 25.1 Å². The van der Waals surface area contributed by atoms with Gasteiger partial charge in [-0.3, -0.25) is 0 Å². The molecule has 0 aliphatic carbocycles. The molecule has 4 heteroatoms. The molecule has 108 valence electrons. The molecule has 0 aliphatic rings. The summed E-state index contributed by atoms with van der Waals surface area (Å²) in [6.45, 7) is 4.77. The van der Waals surface area contributed by atoms with Crippen molar-refractivity contribution >= 4 is 5.69 Å². The fourth-order valence-electron chi connectivity index (χ4n) is 2.10. The molecule has 0 amide bonds. The number of nitrogens with one attached hydrogen (secondary N) is 1. The average Bonchev–Trinajstić information content (AvgIpc) is 2.44. The van der Waals surface area contributed by atoms with E-state index >= 15 is 0 Å². The first kappa shape index (κ1) is 15.8. The van der Waals surface area contributed by atoms with Crippen molar-refractivity contribution in [3.8, 4) is 5.75 Å². The molecule has 1 unspecified atom stereocenters. The lowest BCUT2D eigenvalue weighted by molar-refractivity contribution is 0.168. The van der Waals surface area contributed by atoms with Crippen LogP contribution in [0, 0.1) is 0 Å². The zero-order valence-electron chi connectivity index (χ0n) is 12.5. The van der Waals surface area contributed by atoms with Gasteiger partial charge in [0, 0.05) is 26.7 Å². The van der Waals surface area contributed by atoms with Crippen molar-refractivity contribution < 1.29 is 9.47 Å². The zero-order chi connectivity index (χ0) is 14.1. The third kappa shape index (κ3) is 5.09. The highest BCUT2D eigenvalue weighted by atomic mass is 16.5. The van der Waals surface area contributed by atoms with Crippen LogP contribution in [0.1, 0.15) is 13.3 Å². The summed E-state index contributed by atoms with van der Waals surface area (Å²) in [5.41, 5.74) is 1.10. The van der Waals surface area contributed by atoms with Gasteiger partial charge in [-0.15, -0.1) is 0 Å². The first-order valence-electron chi connectivity index (χ1n) is 6.79. The van der Waals surface area contributed by atoms with Crippen molar-refractivity contribution in [2.24, 2.45) is 0 Å². The van der Waals surface area contributed by atoms with Crippen LogP contribution in [0.2, 0.25) is 0 Å². The van der Waals surface area contributed by atoms with Crippen LogP contribution in [0.25, 0.3) is 0 Å². The quantitative estimate of drug-likeness (QED) is 0.742. The number of benzene rings is 1. The zero-order valence-corrected chi connectivity index (χ0v) is 12.5. The number of para-hydroxylation sites is 2. The summed E-state index contributed by atoms with van der Waals surface area (Å²) >= 11 is 0. The highest BCUT2D eigenvalue weighted by molar-refractivity contribution is 5.57. The third-order valence-corrected chi connectivity index (χ3v) is 3.04. The molecule has 19 heavy (non-hydrogen) atoms. The summed E-state index contributed by atoms with van der Waals surface area (Å²) in [6, 6.07) is 8.39. The minimum Gasteiger partial charge on any atom is -0.495 e. The normalized spacial score (nSPS) is 12.2. The van der Waals surface area contributed by atoms with Crippen molar-refractivity contribution in [2.45, 2.75) is 19.4 Å². The van der Waals surface area contributed by atoms with Crippen LogP contribution in [0.15, 0.2) is 24.3 Å². The van der Waals surface area contributed by atoms with Gasteiger partial charge in [-0.2, -0.15) is 0 Å². The molecule has 1 atom stereocenters. The van der Waals surface area contributed by atoms with Crippen molar-refractivity contribution in [1.82, 2.24) is 5.32 Å². The van der Waals surface area contributed by atoms with Crippen LogP contribution in [0.4, 0.5) is 5.69 Å². The Balaban J connectivity index is 2.66. The second-order valence-electron chi connectivity index (χ2n) is 4.66. The Morgan fingerprint density at radius 2 is 2.00 bits per heavy atom. The maximum atomic E-state index is 5.40. The summed E-state index contributed by atoms with van der Waals surface area (Å²) in [6.07, 6.45) is 1.12. The lowest BCUT2D eigenvalue weighted by Crippen LogP contribution is -2.43. The van der Waals surface area contributed by atoms with Gasteiger partial charge in [-0.25, -0.2) is 0 Å². The monoisotopic (exact) mass is 266 g/mol. The first-order valence-corrected chi connectivity index (χ1v) is 6.79. The predicted molar refractivity (Wildman–Crippen MR) is 80.2 cm³/mol. The highest BCUT2D eigenvalue weighted by Gasteiger charge is 2.13. The molecule has 0 fully saturated rings. The smallest absolute Gasteiger partial charge is 0.142 e. The number of hydrogen-bond acceptors (Lipinski definition) is 4. The molecule has 1 aromatic carbocycles. The number of methoxy groups -OCH3 is 2. The Morgan fingerprint density at radius 3 is 2.63 bits per heavy atom. The SMILES string of the molecule is CCCNC(COC)CN(C)c1ccccc1OC. The van der Waals surface area contributed by atoms with Gasteiger partial charge < -0.3 is 19.7 Å². The predicted octanol–water partition coefficient (Wildman–Crippen LogP) is 2.15. The maximum absolute atomic E-state index is 5.40. The van der Waals surface area contributed by atoms with Crippen LogP contribution in [-0.2, 0) is 4.74 Å². The van der Waals surface area contributed by atoms with Crippen LogP contribution >= 0.6 is 0 Å². The van der Waals surface area contributed by atoms with E-state index in [4.69, 9.17) is 9.47 Å². The minimum absolute atomic E-state index is 0.319.